The third-order valence-corrected chi connectivity index (χ3v) is 2.46. The molecule has 1 unspecified atom stereocenters. The molecule has 0 radical (unpaired) electrons. The summed E-state index contributed by atoms with van der Waals surface area (Å²) < 4.78 is 4.79. The molecule has 1 aliphatic rings. The second-order valence-corrected chi connectivity index (χ2v) is 3.28. The van der Waals surface area contributed by atoms with E-state index in [1.54, 1.807) is 0 Å². The Morgan fingerprint density at radius 2 is 2.07 bits per heavy atom. The van der Waals surface area contributed by atoms with Gasteiger partial charge in [0.05, 0.1) is 0 Å². The van der Waals surface area contributed by atoms with Gasteiger partial charge in [-0.3, -0.25) is 9.59 Å². The molecule has 0 amide bonds. The van der Waals surface area contributed by atoms with Crippen molar-refractivity contribution in [2.45, 2.75) is 18.9 Å². The van der Waals surface area contributed by atoms with Gasteiger partial charge in [0.15, 0.2) is 11.9 Å². The average molecular weight is 190 g/mol. The first-order valence-corrected chi connectivity index (χ1v) is 4.52. The zero-order valence-corrected chi connectivity index (χ0v) is 7.60. The van der Waals surface area contributed by atoms with Crippen LogP contribution in [0, 0.1) is 0 Å². The van der Waals surface area contributed by atoms with Crippen LogP contribution in [-0.2, 0) is 20.7 Å². The Balaban J connectivity index is 2.40. The summed E-state index contributed by atoms with van der Waals surface area (Å²) in [5.41, 5.74) is 1.93. The number of ether oxygens (including phenoxy) is 1. The molecule has 0 fully saturated rings. The van der Waals surface area contributed by atoms with Gasteiger partial charge in [-0.1, -0.05) is 24.3 Å². The van der Waals surface area contributed by atoms with Crippen LogP contribution >= 0.6 is 0 Å². The van der Waals surface area contributed by atoms with Crippen LogP contribution in [0.1, 0.15) is 23.7 Å². The van der Waals surface area contributed by atoms with E-state index >= 15 is 0 Å². The van der Waals surface area contributed by atoms with Crippen LogP contribution in [0.15, 0.2) is 24.3 Å². The van der Waals surface area contributed by atoms with E-state index in [4.69, 9.17) is 4.74 Å². The molecule has 0 saturated carbocycles. The molecule has 0 heterocycles. The first kappa shape index (κ1) is 8.94. The molecule has 1 aromatic carbocycles. The Morgan fingerprint density at radius 1 is 1.29 bits per heavy atom. The van der Waals surface area contributed by atoms with Gasteiger partial charge in [-0.25, -0.2) is 0 Å². The van der Waals surface area contributed by atoms with Gasteiger partial charge in [-0.2, -0.15) is 0 Å². The van der Waals surface area contributed by atoms with Crippen LogP contribution in [0.4, 0.5) is 0 Å². The number of rotatable bonds is 2. The summed E-state index contributed by atoms with van der Waals surface area (Å²) in [5, 5.41) is 0. The standard InChI is InChI=1S/C11H10O3/c12-7-14-11-9-4-2-1-3-8(9)5-6-10(11)13/h1-4,7,11H,5-6H2. The summed E-state index contributed by atoms with van der Waals surface area (Å²) in [6, 6.07) is 7.56. The van der Waals surface area contributed by atoms with Crippen molar-refractivity contribution in [2.24, 2.45) is 0 Å². The number of fused-ring (bicyclic) bond motifs is 1. The van der Waals surface area contributed by atoms with Gasteiger partial charge in [0.2, 0.25) is 0 Å². The zero-order chi connectivity index (χ0) is 9.97. The molecule has 2 rings (SSSR count). The van der Waals surface area contributed by atoms with Crippen molar-refractivity contribution in [3.05, 3.63) is 35.4 Å². The number of hydrogen-bond acceptors (Lipinski definition) is 3. The predicted molar refractivity (Wildman–Crippen MR) is 49.7 cm³/mol. The molecule has 0 N–H and O–H groups in total. The Morgan fingerprint density at radius 3 is 2.86 bits per heavy atom. The average Bonchev–Trinajstić information content (AvgIpc) is 2.23. The minimum absolute atomic E-state index is 0.0178. The Hall–Kier alpha value is -1.64. The van der Waals surface area contributed by atoms with Gasteiger partial charge < -0.3 is 4.74 Å². The van der Waals surface area contributed by atoms with Crippen molar-refractivity contribution in [3.63, 3.8) is 0 Å². The minimum Gasteiger partial charge on any atom is -0.452 e. The highest BCUT2D eigenvalue weighted by molar-refractivity contribution is 5.87. The number of benzene rings is 1. The lowest BCUT2D eigenvalue weighted by Crippen LogP contribution is -2.22. The van der Waals surface area contributed by atoms with Crippen molar-refractivity contribution < 1.29 is 14.3 Å². The number of Topliss-reactive ketones (excluding diaryl/α,β-unsaturated/α-hetero) is 1. The van der Waals surface area contributed by atoms with E-state index in [1.165, 1.54) is 0 Å². The molecule has 1 aliphatic carbocycles. The second-order valence-electron chi connectivity index (χ2n) is 3.28. The lowest BCUT2D eigenvalue weighted by Gasteiger charge is -2.22. The number of carbonyl (C=O) groups excluding carboxylic acids is 2. The molecule has 0 spiro atoms. The summed E-state index contributed by atoms with van der Waals surface area (Å²) in [6.45, 7) is 0.338. The number of ketones is 1. The lowest BCUT2D eigenvalue weighted by atomic mass is 9.88. The van der Waals surface area contributed by atoms with Crippen LogP contribution in [0.2, 0.25) is 0 Å². The van der Waals surface area contributed by atoms with Crippen LogP contribution in [-0.4, -0.2) is 12.3 Å². The summed E-state index contributed by atoms with van der Waals surface area (Å²) in [5.74, 6) is -0.0178. The molecule has 72 valence electrons. The highest BCUT2D eigenvalue weighted by Gasteiger charge is 2.28. The monoisotopic (exact) mass is 190 g/mol. The van der Waals surface area contributed by atoms with Gasteiger partial charge in [0.1, 0.15) is 0 Å². The second kappa shape index (κ2) is 3.62. The molecule has 1 aromatic rings. The topological polar surface area (TPSA) is 43.4 Å². The fraction of sp³-hybridized carbons (Fsp3) is 0.273. The van der Waals surface area contributed by atoms with E-state index in [1.807, 2.05) is 24.3 Å². The molecular formula is C11H10O3. The van der Waals surface area contributed by atoms with Crippen LogP contribution in [0.25, 0.3) is 0 Å². The Bertz CT molecular complexity index is 371. The Kier molecular flexibility index (Phi) is 2.31. The summed E-state index contributed by atoms with van der Waals surface area (Å²) in [4.78, 5) is 21.7. The van der Waals surface area contributed by atoms with Crippen molar-refractivity contribution in [1.82, 2.24) is 0 Å². The number of aryl methyl sites for hydroxylation is 1. The fourth-order valence-corrected chi connectivity index (χ4v) is 1.78. The lowest BCUT2D eigenvalue weighted by molar-refractivity contribution is -0.144. The molecular weight excluding hydrogens is 180 g/mol. The molecule has 1 atom stereocenters. The van der Waals surface area contributed by atoms with E-state index in [0.717, 1.165) is 17.5 Å². The largest absolute Gasteiger partial charge is 0.452 e. The predicted octanol–water partition coefficient (Wildman–Crippen LogP) is 1.42. The van der Waals surface area contributed by atoms with Gasteiger partial charge >= 0.3 is 0 Å². The highest BCUT2D eigenvalue weighted by Crippen LogP contribution is 2.29. The molecule has 3 nitrogen and oxygen atoms in total. The van der Waals surface area contributed by atoms with Gasteiger partial charge in [-0.05, 0) is 12.0 Å². The normalized spacial score (nSPS) is 20.0. The third-order valence-electron chi connectivity index (χ3n) is 2.46. The first-order valence-electron chi connectivity index (χ1n) is 4.52. The molecule has 0 aliphatic heterocycles. The summed E-state index contributed by atoms with van der Waals surface area (Å²) in [6.07, 6.45) is 0.515. The Labute approximate surface area is 81.7 Å². The van der Waals surface area contributed by atoms with Crippen molar-refractivity contribution >= 4 is 12.3 Å². The zero-order valence-electron chi connectivity index (χ0n) is 7.60. The SMILES string of the molecule is O=COC1C(=O)CCc2ccccc21. The highest BCUT2D eigenvalue weighted by atomic mass is 16.5. The fourth-order valence-electron chi connectivity index (χ4n) is 1.78. The van der Waals surface area contributed by atoms with Crippen LogP contribution < -0.4 is 0 Å². The van der Waals surface area contributed by atoms with Gasteiger partial charge in [0, 0.05) is 12.0 Å². The number of carbonyl (C=O) groups is 2. The van der Waals surface area contributed by atoms with E-state index in [9.17, 15) is 9.59 Å². The van der Waals surface area contributed by atoms with Gasteiger partial charge in [-0.15, -0.1) is 0 Å². The quantitative estimate of drug-likeness (QED) is 0.662. The van der Waals surface area contributed by atoms with Crippen molar-refractivity contribution in [2.75, 3.05) is 0 Å². The minimum atomic E-state index is -0.683. The van der Waals surface area contributed by atoms with Crippen molar-refractivity contribution in [1.29, 1.82) is 0 Å². The maximum Gasteiger partial charge on any atom is 0.294 e. The third kappa shape index (κ3) is 1.41. The smallest absolute Gasteiger partial charge is 0.294 e. The van der Waals surface area contributed by atoms with E-state index in [2.05, 4.69) is 0 Å². The maximum atomic E-state index is 11.5. The molecule has 3 heteroatoms. The molecule has 0 bridgehead atoms. The number of hydrogen-bond donors (Lipinski definition) is 0. The molecule has 0 aromatic heterocycles. The van der Waals surface area contributed by atoms with Crippen LogP contribution in [0.3, 0.4) is 0 Å². The first-order chi connectivity index (χ1) is 6.83. The molecule has 0 saturated heterocycles. The van der Waals surface area contributed by atoms with Crippen molar-refractivity contribution in [3.8, 4) is 0 Å². The molecule has 14 heavy (non-hydrogen) atoms. The van der Waals surface area contributed by atoms with Crippen LogP contribution in [0.5, 0.6) is 0 Å². The van der Waals surface area contributed by atoms with E-state index < -0.39 is 6.10 Å². The van der Waals surface area contributed by atoms with E-state index in [0.29, 0.717) is 12.9 Å². The summed E-state index contributed by atoms with van der Waals surface area (Å²) >= 11 is 0. The maximum absolute atomic E-state index is 11.5. The van der Waals surface area contributed by atoms with Gasteiger partial charge in [0.25, 0.3) is 6.47 Å². The van der Waals surface area contributed by atoms with E-state index in [-0.39, 0.29) is 5.78 Å². The summed E-state index contributed by atoms with van der Waals surface area (Å²) in [7, 11) is 0.